The number of anilines is 1. The summed E-state index contributed by atoms with van der Waals surface area (Å²) in [5.74, 6) is -0.152. The monoisotopic (exact) mass is 505 g/mol. The number of hydrogen-bond acceptors (Lipinski definition) is 6. The third kappa shape index (κ3) is 4.56. The van der Waals surface area contributed by atoms with Crippen molar-refractivity contribution in [1.82, 2.24) is 19.4 Å². The maximum Gasteiger partial charge on any atom is 0.333 e. The molecule has 1 saturated heterocycles. The van der Waals surface area contributed by atoms with Crippen LogP contribution in [0.5, 0.6) is 0 Å². The molecule has 9 nitrogen and oxygen atoms in total. The minimum atomic E-state index is -4.23. The van der Waals surface area contributed by atoms with Gasteiger partial charge in [0.25, 0.3) is 10.0 Å². The number of rotatable bonds is 6. The predicted molar refractivity (Wildman–Crippen MR) is 128 cm³/mol. The molecule has 0 spiro atoms. The quantitative estimate of drug-likeness (QED) is 0.556. The highest BCUT2D eigenvalue weighted by molar-refractivity contribution is 7.90. The van der Waals surface area contributed by atoms with Gasteiger partial charge < -0.3 is 10.4 Å². The van der Waals surface area contributed by atoms with Crippen LogP contribution in [0.1, 0.15) is 67.1 Å². The van der Waals surface area contributed by atoms with E-state index in [1.807, 2.05) is 18.7 Å². The molecule has 0 saturated carbocycles. The summed E-state index contributed by atoms with van der Waals surface area (Å²) < 4.78 is 44.8. The van der Waals surface area contributed by atoms with E-state index in [-0.39, 0.29) is 23.0 Å². The van der Waals surface area contributed by atoms with Gasteiger partial charge in [0, 0.05) is 37.4 Å². The van der Waals surface area contributed by atoms with Crippen molar-refractivity contribution < 1.29 is 22.7 Å². The lowest BCUT2D eigenvalue weighted by Gasteiger charge is -2.17. The molecule has 2 heterocycles. The number of nitrogens with zero attached hydrogens (tertiary/aromatic N) is 3. The number of aliphatic hydroxyl groups is 1. The molecular weight excluding hydrogens is 473 g/mol. The number of carbonyl (C=O) groups is 1. The molecule has 190 valence electrons. The maximum absolute atomic E-state index is 14.9. The second-order valence-corrected chi connectivity index (χ2v) is 11.7. The third-order valence-electron chi connectivity index (χ3n) is 7.22. The lowest BCUT2D eigenvalue weighted by molar-refractivity contribution is 0.173. The first-order chi connectivity index (χ1) is 16.6. The number of benzene rings is 1. The second kappa shape index (κ2) is 9.18. The Morgan fingerprint density at radius 1 is 1.17 bits per heavy atom. The zero-order valence-electron chi connectivity index (χ0n) is 20.1. The van der Waals surface area contributed by atoms with Crippen LogP contribution in [0.4, 0.5) is 14.9 Å². The summed E-state index contributed by atoms with van der Waals surface area (Å²) in [4.78, 5) is 14.9. The van der Waals surface area contributed by atoms with E-state index in [9.17, 15) is 22.7 Å². The number of sulfonamides is 1. The summed E-state index contributed by atoms with van der Waals surface area (Å²) in [6.07, 6.45) is 4.51. The SMILES string of the molecule is CC(C)n1nc(S(=O)(=O)NC(=O)Nc2c3c(c(F)c4c2CCC4)CCC3)cc1CN1CCC(O)C1. The van der Waals surface area contributed by atoms with Crippen molar-refractivity contribution in [2.24, 2.45) is 0 Å². The standard InChI is InChI=1S/C24H32FN5O4S/c1-14(2)30-15(12-29-10-9-16(31)13-29)11-21(27-30)35(33,34)28-24(32)26-23-19-7-3-5-17(19)22(25)18-6-4-8-20(18)23/h11,14,16,31H,3-10,12-13H2,1-2H3,(H2,26,28,32). The van der Waals surface area contributed by atoms with Gasteiger partial charge in [-0.2, -0.15) is 13.5 Å². The number of urea groups is 1. The lowest BCUT2D eigenvalue weighted by atomic mass is 9.98. The van der Waals surface area contributed by atoms with E-state index in [1.165, 1.54) is 6.07 Å². The summed E-state index contributed by atoms with van der Waals surface area (Å²) in [6, 6.07) is 0.524. The predicted octanol–water partition coefficient (Wildman–Crippen LogP) is 2.66. The number of β-amino-alcohol motifs (C(OH)–C–C–N with tert-alkyl or cyclic N) is 1. The Labute approximate surface area is 204 Å². The fourth-order valence-electron chi connectivity index (χ4n) is 5.64. The van der Waals surface area contributed by atoms with Crippen LogP contribution >= 0.6 is 0 Å². The molecule has 1 aromatic heterocycles. The zero-order chi connectivity index (χ0) is 24.9. The molecule has 1 aliphatic heterocycles. The molecule has 1 aromatic carbocycles. The van der Waals surface area contributed by atoms with Crippen molar-refractivity contribution in [3.63, 3.8) is 0 Å². The number of likely N-dealkylation sites (tertiary alicyclic amines) is 1. The molecule has 0 radical (unpaired) electrons. The zero-order valence-corrected chi connectivity index (χ0v) is 20.9. The van der Waals surface area contributed by atoms with E-state index >= 15 is 0 Å². The number of fused-ring (bicyclic) bond motifs is 2. The molecule has 3 N–H and O–H groups in total. The average molecular weight is 506 g/mol. The Hall–Kier alpha value is -2.50. The molecule has 0 bridgehead atoms. The van der Waals surface area contributed by atoms with Gasteiger partial charge in [-0.3, -0.25) is 9.58 Å². The van der Waals surface area contributed by atoms with Gasteiger partial charge in [-0.15, -0.1) is 0 Å². The summed E-state index contributed by atoms with van der Waals surface area (Å²) in [7, 11) is -4.23. The van der Waals surface area contributed by atoms with Crippen LogP contribution < -0.4 is 10.0 Å². The van der Waals surface area contributed by atoms with Gasteiger partial charge in [0.2, 0.25) is 0 Å². The third-order valence-corrected chi connectivity index (χ3v) is 8.43. The topological polar surface area (TPSA) is 117 Å². The number of aromatic nitrogens is 2. The van der Waals surface area contributed by atoms with E-state index in [4.69, 9.17) is 0 Å². The first-order valence-corrected chi connectivity index (χ1v) is 13.8. The van der Waals surface area contributed by atoms with Crippen LogP contribution in [0.15, 0.2) is 11.1 Å². The number of aliphatic hydroxyl groups excluding tert-OH is 1. The molecule has 11 heteroatoms. The van der Waals surface area contributed by atoms with Gasteiger partial charge in [-0.25, -0.2) is 13.9 Å². The molecule has 2 amide bonds. The van der Waals surface area contributed by atoms with Crippen molar-refractivity contribution in [2.45, 2.75) is 82.5 Å². The molecule has 35 heavy (non-hydrogen) atoms. The normalized spacial score (nSPS) is 19.9. The summed E-state index contributed by atoms with van der Waals surface area (Å²) in [5, 5.41) is 16.6. The van der Waals surface area contributed by atoms with E-state index in [0.717, 1.165) is 30.5 Å². The minimum absolute atomic E-state index is 0.0836. The molecule has 1 unspecified atom stereocenters. The van der Waals surface area contributed by atoms with Crippen molar-refractivity contribution in [3.05, 3.63) is 39.8 Å². The molecule has 3 aliphatic rings. The lowest BCUT2D eigenvalue weighted by Crippen LogP contribution is -2.35. The summed E-state index contributed by atoms with van der Waals surface area (Å²) in [5.41, 5.74) is 4.14. The highest BCUT2D eigenvalue weighted by atomic mass is 32.2. The average Bonchev–Trinajstić information content (AvgIpc) is 3.57. The smallest absolute Gasteiger partial charge is 0.333 e. The van der Waals surface area contributed by atoms with Crippen LogP contribution in [0.3, 0.4) is 0 Å². The molecule has 2 aliphatic carbocycles. The Balaban J connectivity index is 1.37. The number of hydrogen-bond donors (Lipinski definition) is 3. The van der Waals surface area contributed by atoms with Gasteiger partial charge in [0.1, 0.15) is 5.82 Å². The summed E-state index contributed by atoms with van der Waals surface area (Å²) >= 11 is 0. The van der Waals surface area contributed by atoms with Gasteiger partial charge in [-0.1, -0.05) is 0 Å². The number of amides is 2. The maximum atomic E-state index is 14.9. The summed E-state index contributed by atoms with van der Waals surface area (Å²) in [6.45, 7) is 5.51. The van der Waals surface area contributed by atoms with Crippen LogP contribution in [0.25, 0.3) is 0 Å². The van der Waals surface area contributed by atoms with Gasteiger partial charge >= 0.3 is 6.03 Å². The van der Waals surface area contributed by atoms with E-state index in [1.54, 1.807) is 4.68 Å². The van der Waals surface area contributed by atoms with Crippen molar-refractivity contribution in [3.8, 4) is 0 Å². The van der Waals surface area contributed by atoms with Gasteiger partial charge in [-0.05, 0) is 81.0 Å². The molecule has 1 atom stereocenters. The van der Waals surface area contributed by atoms with Crippen LogP contribution in [-0.4, -0.2) is 53.4 Å². The molecule has 2 aromatic rings. The van der Waals surface area contributed by atoms with Crippen molar-refractivity contribution >= 4 is 21.7 Å². The van der Waals surface area contributed by atoms with E-state index < -0.39 is 16.1 Å². The first-order valence-electron chi connectivity index (χ1n) is 12.3. The Bertz CT molecular complexity index is 1240. The fourth-order valence-corrected chi connectivity index (χ4v) is 6.53. The largest absolute Gasteiger partial charge is 0.392 e. The van der Waals surface area contributed by atoms with Crippen molar-refractivity contribution in [1.29, 1.82) is 0 Å². The number of halogens is 1. The highest BCUT2D eigenvalue weighted by Crippen LogP contribution is 2.41. The van der Waals surface area contributed by atoms with Crippen LogP contribution in [0.2, 0.25) is 0 Å². The Kier molecular flexibility index (Phi) is 6.35. The second-order valence-electron chi connectivity index (χ2n) is 10.1. The van der Waals surface area contributed by atoms with Crippen LogP contribution in [-0.2, 0) is 42.3 Å². The minimum Gasteiger partial charge on any atom is -0.392 e. The number of carbonyl (C=O) groups excluding carboxylic acids is 1. The highest BCUT2D eigenvalue weighted by Gasteiger charge is 2.31. The van der Waals surface area contributed by atoms with E-state index in [0.29, 0.717) is 67.7 Å². The number of nitrogens with one attached hydrogen (secondary N) is 2. The molecule has 1 fully saturated rings. The first kappa shape index (κ1) is 24.2. The van der Waals surface area contributed by atoms with E-state index in [2.05, 4.69) is 15.1 Å². The van der Waals surface area contributed by atoms with Gasteiger partial charge in [0.15, 0.2) is 5.03 Å². The van der Waals surface area contributed by atoms with Crippen LogP contribution in [0, 0.1) is 5.82 Å². The molecular formula is C24H32FN5O4S. The Morgan fingerprint density at radius 2 is 1.80 bits per heavy atom. The molecule has 5 rings (SSSR count). The Morgan fingerprint density at radius 3 is 2.37 bits per heavy atom. The van der Waals surface area contributed by atoms with Gasteiger partial charge in [0.05, 0.1) is 11.8 Å². The fraction of sp³-hybridized carbons (Fsp3) is 0.583. The van der Waals surface area contributed by atoms with Crippen molar-refractivity contribution in [2.75, 3.05) is 18.4 Å².